The van der Waals surface area contributed by atoms with E-state index in [4.69, 9.17) is 4.74 Å². The van der Waals surface area contributed by atoms with Crippen molar-refractivity contribution in [1.29, 1.82) is 0 Å². The second-order valence-corrected chi connectivity index (χ2v) is 8.39. The van der Waals surface area contributed by atoms with Gasteiger partial charge in [0.25, 0.3) is 5.56 Å². The molecule has 170 valence electrons. The molecule has 5 rings (SSSR count). The molecule has 2 aromatic carbocycles. The van der Waals surface area contributed by atoms with Crippen LogP contribution in [-0.2, 0) is 19.5 Å². The van der Waals surface area contributed by atoms with Crippen molar-refractivity contribution in [3.63, 3.8) is 0 Å². The number of ether oxygens (including phenoxy) is 1. The number of hydrogen-bond acceptors (Lipinski definition) is 4. The summed E-state index contributed by atoms with van der Waals surface area (Å²) in [4.78, 5) is 23.1. The first-order valence-electron chi connectivity index (χ1n) is 11.3. The van der Waals surface area contributed by atoms with Crippen LogP contribution in [0.2, 0.25) is 0 Å². The van der Waals surface area contributed by atoms with Gasteiger partial charge in [0, 0.05) is 37.5 Å². The molecule has 6 heteroatoms. The Morgan fingerprint density at radius 1 is 1.06 bits per heavy atom. The maximum Gasteiger partial charge on any atom is 0.258 e. The molecule has 2 aromatic heterocycles. The Labute approximate surface area is 198 Å². The van der Waals surface area contributed by atoms with Crippen molar-refractivity contribution >= 4 is 0 Å². The number of H-pyrrole nitrogens is 1. The molecule has 0 saturated carbocycles. The van der Waals surface area contributed by atoms with Crippen LogP contribution in [0, 0.1) is 11.8 Å². The molecule has 34 heavy (non-hydrogen) atoms. The molecule has 1 aliphatic rings. The Kier molecular flexibility index (Phi) is 6.28. The van der Waals surface area contributed by atoms with Gasteiger partial charge in [0.15, 0.2) is 0 Å². The maximum atomic E-state index is 13.2. The minimum atomic E-state index is 0.0347. The van der Waals surface area contributed by atoms with E-state index in [9.17, 15) is 4.79 Å². The lowest BCUT2D eigenvalue weighted by molar-refractivity contribution is 0.280. The quantitative estimate of drug-likeness (QED) is 0.471. The molecule has 0 fully saturated rings. The van der Waals surface area contributed by atoms with E-state index in [0.717, 1.165) is 52.2 Å². The van der Waals surface area contributed by atoms with Gasteiger partial charge in [-0.1, -0.05) is 36.1 Å². The molecule has 1 N–H and O–H groups in total. The van der Waals surface area contributed by atoms with Crippen LogP contribution in [0.1, 0.15) is 22.4 Å². The highest BCUT2D eigenvalue weighted by Gasteiger charge is 2.20. The molecule has 3 heterocycles. The number of rotatable bonds is 5. The summed E-state index contributed by atoms with van der Waals surface area (Å²) >= 11 is 0. The number of hydrogen-bond donors (Lipinski definition) is 1. The molecule has 0 amide bonds. The molecule has 0 atom stereocenters. The Hall–Kier alpha value is -4.08. The topological polar surface area (TPSA) is 63.1 Å². The first kappa shape index (κ1) is 21.7. The molecule has 0 unspecified atom stereocenters. The predicted molar refractivity (Wildman–Crippen MR) is 133 cm³/mol. The van der Waals surface area contributed by atoms with E-state index in [-0.39, 0.29) is 5.56 Å². The van der Waals surface area contributed by atoms with E-state index in [1.165, 1.54) is 0 Å². The average molecular weight is 451 g/mol. The van der Waals surface area contributed by atoms with Crippen molar-refractivity contribution < 1.29 is 4.74 Å². The summed E-state index contributed by atoms with van der Waals surface area (Å²) in [6.45, 7) is 2.54. The third kappa shape index (κ3) is 4.80. The van der Waals surface area contributed by atoms with Crippen LogP contribution in [0.4, 0.5) is 0 Å². The fourth-order valence-electron chi connectivity index (χ4n) is 4.19. The number of nitrogens with one attached hydrogen (secondary N) is 1. The molecular weight excluding hydrogens is 424 g/mol. The van der Waals surface area contributed by atoms with Crippen LogP contribution >= 0.6 is 0 Å². The lowest BCUT2D eigenvalue weighted by atomic mass is 10.1. The van der Waals surface area contributed by atoms with Gasteiger partial charge in [-0.2, -0.15) is 0 Å². The van der Waals surface area contributed by atoms with Gasteiger partial charge in [0.1, 0.15) is 5.75 Å². The van der Waals surface area contributed by atoms with Gasteiger partial charge in [0.2, 0.25) is 0 Å². The third-order valence-electron chi connectivity index (χ3n) is 6.13. The minimum Gasteiger partial charge on any atom is -0.497 e. The molecule has 0 saturated heterocycles. The van der Waals surface area contributed by atoms with Crippen LogP contribution in [0.25, 0.3) is 11.1 Å². The summed E-state index contributed by atoms with van der Waals surface area (Å²) in [6, 6.07) is 18.0. The van der Waals surface area contributed by atoms with Crippen molar-refractivity contribution in [3.8, 4) is 28.7 Å². The van der Waals surface area contributed by atoms with Crippen molar-refractivity contribution in [2.75, 3.05) is 20.2 Å². The lowest BCUT2D eigenvalue weighted by Gasteiger charge is -2.26. The monoisotopic (exact) mass is 450 g/mol. The highest BCUT2D eigenvalue weighted by molar-refractivity contribution is 5.62. The molecular formula is C28H26N4O2. The van der Waals surface area contributed by atoms with Gasteiger partial charge in [0.05, 0.1) is 37.8 Å². The first-order chi connectivity index (χ1) is 16.7. The van der Waals surface area contributed by atoms with E-state index < -0.39 is 0 Å². The first-order valence-corrected chi connectivity index (χ1v) is 11.3. The molecule has 0 spiro atoms. The normalized spacial score (nSPS) is 13.1. The van der Waals surface area contributed by atoms with Crippen LogP contribution in [0.15, 0.2) is 78.1 Å². The van der Waals surface area contributed by atoms with E-state index in [1.807, 2.05) is 42.7 Å². The van der Waals surface area contributed by atoms with Crippen LogP contribution in [-0.4, -0.2) is 39.6 Å². The van der Waals surface area contributed by atoms with E-state index >= 15 is 0 Å². The van der Waals surface area contributed by atoms with Gasteiger partial charge in [-0.05, 0) is 47.0 Å². The summed E-state index contributed by atoms with van der Waals surface area (Å²) in [5, 5.41) is 0. The number of benzene rings is 2. The average Bonchev–Trinajstić information content (AvgIpc) is 3.42. The SMILES string of the molecule is COc1ccc(C#CCN2CCc3ncn(Cc4ccc(-c5cc[nH]c5)cc4)c(=O)c3C2)cc1. The van der Waals surface area contributed by atoms with Crippen LogP contribution in [0.3, 0.4) is 0 Å². The fraction of sp³-hybridized carbons (Fsp3) is 0.214. The molecule has 0 aliphatic carbocycles. The number of aromatic nitrogens is 3. The molecule has 6 nitrogen and oxygen atoms in total. The predicted octanol–water partition coefficient (Wildman–Crippen LogP) is 3.71. The van der Waals surface area contributed by atoms with Crippen molar-refractivity contribution in [2.45, 2.75) is 19.5 Å². The number of nitrogens with zero attached hydrogens (tertiary/aromatic N) is 3. The molecule has 0 bridgehead atoms. The summed E-state index contributed by atoms with van der Waals surface area (Å²) in [5.74, 6) is 7.24. The Morgan fingerprint density at radius 3 is 2.62 bits per heavy atom. The Bertz CT molecular complexity index is 1380. The second kappa shape index (κ2) is 9.82. The van der Waals surface area contributed by atoms with Crippen LogP contribution < -0.4 is 10.3 Å². The minimum absolute atomic E-state index is 0.0347. The highest BCUT2D eigenvalue weighted by Crippen LogP contribution is 2.19. The zero-order valence-electron chi connectivity index (χ0n) is 19.1. The molecule has 4 aromatic rings. The van der Waals surface area contributed by atoms with Crippen LogP contribution in [0.5, 0.6) is 5.75 Å². The number of methoxy groups -OCH3 is 1. The fourth-order valence-corrected chi connectivity index (χ4v) is 4.19. The second-order valence-electron chi connectivity index (χ2n) is 8.39. The van der Waals surface area contributed by atoms with Gasteiger partial charge in [-0.3, -0.25) is 14.3 Å². The van der Waals surface area contributed by atoms with Gasteiger partial charge in [-0.15, -0.1) is 0 Å². The van der Waals surface area contributed by atoms with Crippen molar-refractivity contribution in [2.24, 2.45) is 0 Å². The molecule has 0 radical (unpaired) electrons. The van der Waals surface area contributed by atoms with Gasteiger partial charge >= 0.3 is 0 Å². The number of aromatic amines is 1. The zero-order chi connectivity index (χ0) is 23.3. The summed E-state index contributed by atoms with van der Waals surface area (Å²) < 4.78 is 6.89. The van der Waals surface area contributed by atoms with E-state index in [2.05, 4.69) is 51.0 Å². The Morgan fingerprint density at radius 2 is 1.88 bits per heavy atom. The zero-order valence-corrected chi connectivity index (χ0v) is 19.1. The number of fused-ring (bicyclic) bond motifs is 1. The standard InChI is InChI=1S/C28H26N4O2/c1-34-25-10-6-21(7-11-25)3-2-15-31-16-13-27-26(19-31)28(33)32(20-30-27)18-22-4-8-23(9-5-22)24-12-14-29-17-24/h4-12,14,17,20,29H,13,15-16,18-19H2,1H3. The van der Waals surface area contributed by atoms with E-state index in [1.54, 1.807) is 18.0 Å². The van der Waals surface area contributed by atoms with Crippen molar-refractivity contribution in [1.82, 2.24) is 19.4 Å². The largest absolute Gasteiger partial charge is 0.497 e. The Balaban J connectivity index is 1.27. The van der Waals surface area contributed by atoms with Gasteiger partial charge < -0.3 is 9.72 Å². The molecule has 1 aliphatic heterocycles. The van der Waals surface area contributed by atoms with E-state index in [0.29, 0.717) is 19.6 Å². The maximum absolute atomic E-state index is 13.2. The van der Waals surface area contributed by atoms with Crippen molar-refractivity contribution in [3.05, 3.63) is 106 Å². The smallest absolute Gasteiger partial charge is 0.258 e. The summed E-state index contributed by atoms with van der Waals surface area (Å²) in [7, 11) is 1.65. The lowest BCUT2D eigenvalue weighted by Crippen LogP contribution is -2.38. The third-order valence-corrected chi connectivity index (χ3v) is 6.13. The summed E-state index contributed by atoms with van der Waals surface area (Å²) in [5.41, 5.74) is 6.03. The highest BCUT2D eigenvalue weighted by atomic mass is 16.5. The van der Waals surface area contributed by atoms with Gasteiger partial charge in [-0.25, -0.2) is 4.98 Å². The summed E-state index contributed by atoms with van der Waals surface area (Å²) in [6.07, 6.45) is 6.33.